The van der Waals surface area contributed by atoms with Gasteiger partial charge in [-0.1, -0.05) is 5.16 Å². The van der Waals surface area contributed by atoms with Crippen LogP contribution in [0.1, 0.15) is 0 Å². The molecule has 2 heterocycles. The molecular weight excluding hydrogens is 261 g/mol. The lowest BCUT2D eigenvalue weighted by Crippen LogP contribution is -2.14. The Balaban J connectivity index is 1.99. The Morgan fingerprint density at radius 1 is 1.10 bits per heavy atom. The first kappa shape index (κ1) is 12.3. The van der Waals surface area contributed by atoms with E-state index in [0.29, 0.717) is 22.8 Å². The lowest BCUT2D eigenvalue weighted by molar-refractivity contribution is 0.432. The van der Waals surface area contributed by atoms with Crippen LogP contribution in [0.3, 0.4) is 0 Å². The molecule has 0 aliphatic heterocycles. The molecule has 2 aromatic heterocycles. The highest BCUT2D eigenvalue weighted by Crippen LogP contribution is 2.21. The average molecular weight is 271 g/mol. The smallest absolute Gasteiger partial charge is 0.258 e. The van der Waals surface area contributed by atoms with Gasteiger partial charge in [-0.05, 0) is 30.3 Å². The van der Waals surface area contributed by atoms with E-state index in [-0.39, 0.29) is 11.4 Å². The minimum absolute atomic E-state index is 0.115. The summed E-state index contributed by atoms with van der Waals surface area (Å²) in [5.74, 6) is 0.348. The first-order valence-electron chi connectivity index (χ1n) is 5.90. The molecule has 0 atom stereocenters. The zero-order valence-electron chi connectivity index (χ0n) is 10.6. The molecule has 0 saturated carbocycles. The number of pyridine rings is 1. The molecule has 0 unspecified atom stereocenters. The summed E-state index contributed by atoms with van der Waals surface area (Å²) in [6.45, 7) is 0. The number of nitrogens with zero attached hydrogens (tertiary/aromatic N) is 3. The van der Waals surface area contributed by atoms with Crippen molar-refractivity contribution in [3.63, 3.8) is 0 Å². The second-order valence-corrected chi connectivity index (χ2v) is 4.30. The van der Waals surface area contributed by atoms with Gasteiger partial charge in [0.2, 0.25) is 11.4 Å². The first-order chi connectivity index (χ1) is 9.63. The first-order valence-corrected chi connectivity index (χ1v) is 5.90. The van der Waals surface area contributed by atoms with E-state index in [4.69, 9.17) is 4.52 Å². The molecule has 6 heteroatoms. The summed E-state index contributed by atoms with van der Waals surface area (Å²) >= 11 is 0. The third kappa shape index (κ3) is 2.23. The Labute approximate surface area is 113 Å². The standard InChI is InChI=1S/C14H10FN3O2/c1-18-8-10(4-7-12(18)19)13-16-14(20-17-13)9-2-5-11(15)6-3-9/h2-8H,1H3. The van der Waals surface area contributed by atoms with Gasteiger partial charge in [0.15, 0.2) is 0 Å². The quantitative estimate of drug-likeness (QED) is 0.717. The number of hydrogen-bond donors (Lipinski definition) is 0. The number of halogens is 1. The van der Waals surface area contributed by atoms with Gasteiger partial charge in [0.1, 0.15) is 5.82 Å². The molecule has 0 aliphatic carbocycles. The second-order valence-electron chi connectivity index (χ2n) is 4.30. The Morgan fingerprint density at radius 2 is 1.80 bits per heavy atom. The fourth-order valence-corrected chi connectivity index (χ4v) is 1.78. The average Bonchev–Trinajstić information content (AvgIpc) is 2.92. The van der Waals surface area contributed by atoms with Crippen LogP contribution in [0.2, 0.25) is 0 Å². The third-order valence-electron chi connectivity index (χ3n) is 2.86. The summed E-state index contributed by atoms with van der Waals surface area (Å²) in [5, 5.41) is 3.86. The summed E-state index contributed by atoms with van der Waals surface area (Å²) < 4.78 is 19.4. The zero-order valence-corrected chi connectivity index (χ0v) is 10.6. The summed E-state index contributed by atoms with van der Waals surface area (Å²) in [6.07, 6.45) is 1.63. The lowest BCUT2D eigenvalue weighted by Gasteiger charge is -1.97. The molecule has 0 N–H and O–H groups in total. The molecular formula is C14H10FN3O2. The highest BCUT2D eigenvalue weighted by molar-refractivity contribution is 5.58. The Bertz CT molecular complexity index is 806. The third-order valence-corrected chi connectivity index (χ3v) is 2.86. The van der Waals surface area contributed by atoms with Crippen LogP contribution in [0.4, 0.5) is 4.39 Å². The van der Waals surface area contributed by atoms with Gasteiger partial charge in [-0.3, -0.25) is 4.79 Å². The molecule has 1 aromatic carbocycles. The fraction of sp³-hybridized carbons (Fsp3) is 0.0714. The molecule has 0 radical (unpaired) electrons. The summed E-state index contributed by atoms with van der Waals surface area (Å²) in [5.41, 5.74) is 1.19. The molecule has 0 saturated heterocycles. The molecule has 0 bridgehead atoms. The van der Waals surface area contributed by atoms with Crippen molar-refractivity contribution in [1.82, 2.24) is 14.7 Å². The molecule has 3 aromatic rings. The molecule has 0 spiro atoms. The molecule has 5 nitrogen and oxygen atoms in total. The van der Waals surface area contributed by atoms with E-state index in [1.54, 1.807) is 31.4 Å². The molecule has 100 valence electrons. The van der Waals surface area contributed by atoms with Crippen LogP contribution >= 0.6 is 0 Å². The maximum absolute atomic E-state index is 12.9. The van der Waals surface area contributed by atoms with Crippen molar-refractivity contribution >= 4 is 0 Å². The number of benzene rings is 1. The van der Waals surface area contributed by atoms with Crippen LogP contribution in [0.5, 0.6) is 0 Å². The van der Waals surface area contributed by atoms with Crippen molar-refractivity contribution in [2.24, 2.45) is 7.05 Å². The highest BCUT2D eigenvalue weighted by atomic mass is 19.1. The van der Waals surface area contributed by atoms with E-state index in [0.717, 1.165) is 0 Å². The lowest BCUT2D eigenvalue weighted by atomic mass is 10.2. The van der Waals surface area contributed by atoms with E-state index in [2.05, 4.69) is 10.1 Å². The normalized spacial score (nSPS) is 10.7. The van der Waals surface area contributed by atoms with Crippen molar-refractivity contribution in [1.29, 1.82) is 0 Å². The van der Waals surface area contributed by atoms with Crippen LogP contribution in [-0.2, 0) is 7.05 Å². The van der Waals surface area contributed by atoms with E-state index in [1.807, 2.05) is 0 Å². The van der Waals surface area contributed by atoms with Crippen LogP contribution in [0, 0.1) is 5.82 Å². The van der Waals surface area contributed by atoms with Gasteiger partial charge >= 0.3 is 0 Å². The number of aryl methyl sites for hydroxylation is 1. The molecule has 3 rings (SSSR count). The van der Waals surface area contributed by atoms with Crippen LogP contribution in [0.15, 0.2) is 51.9 Å². The zero-order chi connectivity index (χ0) is 14.1. The van der Waals surface area contributed by atoms with Gasteiger partial charge in [-0.15, -0.1) is 0 Å². The van der Waals surface area contributed by atoms with E-state index >= 15 is 0 Å². The van der Waals surface area contributed by atoms with Crippen molar-refractivity contribution in [3.8, 4) is 22.8 Å². The highest BCUT2D eigenvalue weighted by Gasteiger charge is 2.11. The van der Waals surface area contributed by atoms with Gasteiger partial charge in [0.05, 0.1) is 0 Å². The van der Waals surface area contributed by atoms with E-state index < -0.39 is 0 Å². The Morgan fingerprint density at radius 3 is 2.50 bits per heavy atom. The SMILES string of the molecule is Cn1cc(-c2noc(-c3ccc(F)cc3)n2)ccc1=O. The predicted molar refractivity (Wildman–Crippen MR) is 70.4 cm³/mol. The maximum atomic E-state index is 12.9. The fourth-order valence-electron chi connectivity index (χ4n) is 1.78. The Hall–Kier alpha value is -2.76. The number of aromatic nitrogens is 3. The van der Waals surface area contributed by atoms with Gasteiger partial charge in [0.25, 0.3) is 5.89 Å². The van der Waals surface area contributed by atoms with Crippen LogP contribution in [-0.4, -0.2) is 14.7 Å². The van der Waals surface area contributed by atoms with Gasteiger partial charge in [-0.25, -0.2) is 4.39 Å². The van der Waals surface area contributed by atoms with E-state index in [1.165, 1.54) is 22.8 Å². The van der Waals surface area contributed by atoms with Gasteiger partial charge < -0.3 is 9.09 Å². The monoisotopic (exact) mass is 271 g/mol. The minimum Gasteiger partial charge on any atom is -0.334 e. The topological polar surface area (TPSA) is 60.9 Å². The number of hydrogen-bond acceptors (Lipinski definition) is 4. The summed E-state index contributed by atoms with van der Waals surface area (Å²) in [7, 11) is 1.65. The van der Waals surface area contributed by atoms with Crippen LogP contribution in [0.25, 0.3) is 22.8 Å². The summed E-state index contributed by atoms with van der Waals surface area (Å²) in [6, 6.07) is 8.84. The second kappa shape index (κ2) is 4.73. The van der Waals surface area contributed by atoms with Gasteiger partial charge in [-0.2, -0.15) is 4.98 Å². The van der Waals surface area contributed by atoms with E-state index in [9.17, 15) is 9.18 Å². The van der Waals surface area contributed by atoms with Gasteiger partial charge in [0, 0.05) is 30.4 Å². The molecule has 0 aliphatic rings. The minimum atomic E-state index is -0.327. The van der Waals surface area contributed by atoms with Crippen LogP contribution < -0.4 is 5.56 Å². The van der Waals surface area contributed by atoms with Crippen molar-refractivity contribution in [2.45, 2.75) is 0 Å². The molecule has 20 heavy (non-hydrogen) atoms. The number of rotatable bonds is 2. The largest absolute Gasteiger partial charge is 0.334 e. The molecule has 0 fully saturated rings. The van der Waals surface area contributed by atoms with Crippen molar-refractivity contribution in [3.05, 3.63) is 58.8 Å². The maximum Gasteiger partial charge on any atom is 0.258 e. The summed E-state index contributed by atoms with van der Waals surface area (Å²) in [4.78, 5) is 15.6. The Kier molecular flexibility index (Phi) is 2.90. The predicted octanol–water partition coefficient (Wildman–Crippen LogP) is 2.24. The van der Waals surface area contributed by atoms with Crippen molar-refractivity contribution < 1.29 is 8.91 Å². The molecule has 0 amide bonds. The van der Waals surface area contributed by atoms with Crippen molar-refractivity contribution in [2.75, 3.05) is 0 Å².